The maximum Gasteiger partial charge on any atom is 0.263 e. The zero-order chi connectivity index (χ0) is 20.4. The van der Waals surface area contributed by atoms with Crippen molar-refractivity contribution in [3.8, 4) is 0 Å². The number of carbonyl (C=O) groups is 1. The molecule has 0 spiro atoms. The van der Waals surface area contributed by atoms with Crippen molar-refractivity contribution in [1.29, 1.82) is 0 Å². The number of hydrogen-bond acceptors (Lipinski definition) is 5. The number of amides is 1. The number of nitrogens with one attached hydrogen (secondary N) is 1. The second-order valence-corrected chi connectivity index (χ2v) is 9.24. The summed E-state index contributed by atoms with van der Waals surface area (Å²) in [5.74, 6) is 1.09. The Morgan fingerprint density at radius 3 is 2.53 bits per heavy atom. The molecule has 0 radical (unpaired) electrons. The molecule has 0 unspecified atom stereocenters. The van der Waals surface area contributed by atoms with Crippen molar-refractivity contribution in [3.05, 3.63) is 56.5 Å². The Labute approximate surface area is 173 Å². The van der Waals surface area contributed by atoms with Crippen molar-refractivity contribution in [3.63, 3.8) is 0 Å². The van der Waals surface area contributed by atoms with Gasteiger partial charge in [-0.1, -0.05) is 0 Å². The van der Waals surface area contributed by atoms with Crippen LogP contribution in [-0.2, 0) is 6.54 Å². The van der Waals surface area contributed by atoms with Crippen LogP contribution in [0.1, 0.15) is 54.1 Å². The van der Waals surface area contributed by atoms with Gasteiger partial charge in [-0.15, -0.1) is 0 Å². The number of rotatable bonds is 2. The monoisotopic (exact) mass is 407 g/mol. The average molecular weight is 407 g/mol. The van der Waals surface area contributed by atoms with Crippen molar-refractivity contribution in [2.75, 3.05) is 18.0 Å². The first-order valence-electron chi connectivity index (χ1n) is 10.9. The van der Waals surface area contributed by atoms with Gasteiger partial charge in [0.15, 0.2) is 0 Å². The zero-order valence-corrected chi connectivity index (χ0v) is 16.8. The van der Waals surface area contributed by atoms with Crippen LogP contribution in [0, 0.1) is 5.92 Å². The second-order valence-electron chi connectivity index (χ2n) is 9.24. The molecule has 3 fully saturated rings. The zero-order valence-electron chi connectivity index (χ0n) is 16.8. The van der Waals surface area contributed by atoms with Gasteiger partial charge in [-0.2, -0.15) is 0 Å². The third-order valence-electron chi connectivity index (χ3n) is 7.51. The van der Waals surface area contributed by atoms with Gasteiger partial charge in [0.05, 0.1) is 6.33 Å². The Bertz CT molecular complexity index is 1120. The van der Waals surface area contributed by atoms with Crippen LogP contribution < -0.4 is 16.0 Å². The van der Waals surface area contributed by atoms with Gasteiger partial charge in [0.1, 0.15) is 11.4 Å². The Kier molecular flexibility index (Phi) is 3.91. The Morgan fingerprint density at radius 1 is 1.03 bits per heavy atom. The molecular formula is C22H25N5O3. The van der Waals surface area contributed by atoms with Crippen LogP contribution in [0.4, 0.5) is 5.82 Å². The number of nitrogens with zero attached hydrogens (tertiary/aromatic N) is 4. The topological polar surface area (TPSA) is 91.3 Å². The van der Waals surface area contributed by atoms with Gasteiger partial charge in [0, 0.05) is 49.4 Å². The fourth-order valence-corrected chi connectivity index (χ4v) is 6.21. The normalized spacial score (nSPS) is 29.2. The van der Waals surface area contributed by atoms with Crippen LogP contribution in [0.3, 0.4) is 0 Å². The number of H-pyrrole nitrogens is 1. The molecule has 1 N–H and O–H groups in total. The molecule has 6 rings (SSSR count). The first kappa shape index (κ1) is 17.9. The van der Waals surface area contributed by atoms with Crippen molar-refractivity contribution in [1.82, 2.24) is 19.4 Å². The largest absolute Gasteiger partial charge is 0.355 e. The minimum atomic E-state index is -0.161. The van der Waals surface area contributed by atoms with Crippen LogP contribution in [0.25, 0.3) is 0 Å². The molecule has 2 aromatic rings. The van der Waals surface area contributed by atoms with Crippen LogP contribution in [0.15, 0.2) is 34.1 Å². The highest BCUT2D eigenvalue weighted by atomic mass is 16.2. The fourth-order valence-electron chi connectivity index (χ4n) is 6.21. The molecule has 30 heavy (non-hydrogen) atoms. The van der Waals surface area contributed by atoms with E-state index in [2.05, 4.69) is 14.9 Å². The number of aromatic nitrogens is 3. The first-order chi connectivity index (χ1) is 14.6. The molecule has 8 nitrogen and oxygen atoms in total. The van der Waals surface area contributed by atoms with Crippen LogP contribution in [-0.4, -0.2) is 50.5 Å². The summed E-state index contributed by atoms with van der Waals surface area (Å²) in [6.45, 7) is 2.08. The highest BCUT2D eigenvalue weighted by molar-refractivity contribution is 5.94. The quantitative estimate of drug-likeness (QED) is 0.811. The number of pyridine rings is 1. The van der Waals surface area contributed by atoms with Gasteiger partial charge < -0.3 is 19.4 Å². The van der Waals surface area contributed by atoms with E-state index in [1.54, 1.807) is 6.07 Å². The lowest BCUT2D eigenvalue weighted by Crippen LogP contribution is -2.49. The summed E-state index contributed by atoms with van der Waals surface area (Å²) in [7, 11) is 0. The molecule has 4 aliphatic heterocycles. The number of hydrogen-bond donors (Lipinski definition) is 1. The van der Waals surface area contributed by atoms with E-state index < -0.39 is 0 Å². The summed E-state index contributed by atoms with van der Waals surface area (Å²) >= 11 is 0. The summed E-state index contributed by atoms with van der Waals surface area (Å²) in [5, 5.41) is 0. The minimum Gasteiger partial charge on any atom is -0.355 e. The molecule has 1 amide bonds. The third kappa shape index (κ3) is 2.66. The van der Waals surface area contributed by atoms with E-state index in [-0.39, 0.29) is 22.9 Å². The highest BCUT2D eigenvalue weighted by Gasteiger charge is 2.43. The maximum atomic E-state index is 13.3. The van der Waals surface area contributed by atoms with Crippen molar-refractivity contribution in [2.45, 2.75) is 56.7 Å². The Hall–Kier alpha value is -2.90. The fraction of sp³-hybridized carbons (Fsp3) is 0.545. The van der Waals surface area contributed by atoms with Gasteiger partial charge in [-0.25, -0.2) is 4.98 Å². The van der Waals surface area contributed by atoms with E-state index in [1.165, 1.54) is 12.4 Å². The van der Waals surface area contributed by atoms with Crippen LogP contribution >= 0.6 is 0 Å². The smallest absolute Gasteiger partial charge is 0.263 e. The summed E-state index contributed by atoms with van der Waals surface area (Å²) in [6.07, 6.45) is 6.72. The predicted octanol–water partition coefficient (Wildman–Crippen LogP) is 1.32. The number of anilines is 1. The van der Waals surface area contributed by atoms with Gasteiger partial charge in [0.25, 0.3) is 17.0 Å². The summed E-state index contributed by atoms with van der Waals surface area (Å²) < 4.78 is 1.84. The van der Waals surface area contributed by atoms with Gasteiger partial charge in [-0.3, -0.25) is 14.4 Å². The molecule has 0 aliphatic carbocycles. The molecule has 156 valence electrons. The third-order valence-corrected chi connectivity index (χ3v) is 7.51. The van der Waals surface area contributed by atoms with E-state index in [0.717, 1.165) is 50.9 Å². The van der Waals surface area contributed by atoms with Crippen molar-refractivity contribution in [2.24, 2.45) is 5.92 Å². The molecule has 2 atom stereocenters. The number of piperidine rings is 1. The van der Waals surface area contributed by atoms with Gasteiger partial charge in [-0.05, 0) is 50.2 Å². The number of aromatic amines is 1. The SMILES string of the molecule is O=C(c1ccc2n(c1=O)C[C@H]1C[C@@H]2CN(c2cc(=O)[nH]cn2)C1)N1C2CCC1CC2. The molecule has 2 aromatic heterocycles. The van der Waals surface area contributed by atoms with E-state index >= 15 is 0 Å². The van der Waals surface area contributed by atoms with Crippen LogP contribution in [0.2, 0.25) is 0 Å². The molecular weight excluding hydrogens is 382 g/mol. The molecule has 0 saturated carbocycles. The highest BCUT2D eigenvalue weighted by Crippen LogP contribution is 2.39. The average Bonchev–Trinajstić information content (AvgIpc) is 3.34. The molecule has 8 heteroatoms. The van der Waals surface area contributed by atoms with E-state index in [0.29, 0.717) is 35.9 Å². The summed E-state index contributed by atoms with van der Waals surface area (Å²) in [5.41, 5.74) is 1.02. The standard InChI is InChI=1S/C22H25N5O3/c28-20-8-19(23-12-24-20)25-9-13-7-14(11-25)18-6-5-17(21(29)26(18)10-13)22(30)27-15-1-2-16(27)4-3-15/h5-6,8,12-16H,1-4,7,9-11H2,(H,23,24,28)/t13-,14+,15?,16?/m0/s1. The lowest BCUT2D eigenvalue weighted by atomic mass is 9.83. The van der Waals surface area contributed by atoms with Crippen molar-refractivity contribution >= 4 is 11.7 Å². The lowest BCUT2D eigenvalue weighted by molar-refractivity contribution is 0.0726. The van der Waals surface area contributed by atoms with Gasteiger partial charge >= 0.3 is 0 Å². The number of carbonyl (C=O) groups excluding carboxylic acids is 1. The summed E-state index contributed by atoms with van der Waals surface area (Å²) in [6, 6.07) is 5.89. The molecule has 4 bridgehead atoms. The van der Waals surface area contributed by atoms with Crippen LogP contribution in [0.5, 0.6) is 0 Å². The van der Waals surface area contributed by atoms with E-state index in [1.807, 2.05) is 15.5 Å². The molecule has 6 heterocycles. The lowest BCUT2D eigenvalue weighted by Gasteiger charge is -2.43. The van der Waals surface area contributed by atoms with Crippen molar-refractivity contribution < 1.29 is 4.79 Å². The van der Waals surface area contributed by atoms with E-state index in [9.17, 15) is 14.4 Å². The maximum absolute atomic E-state index is 13.3. The second kappa shape index (κ2) is 6.55. The summed E-state index contributed by atoms with van der Waals surface area (Å²) in [4.78, 5) is 49.2. The first-order valence-corrected chi connectivity index (χ1v) is 10.9. The Balaban J connectivity index is 1.32. The molecule has 3 saturated heterocycles. The predicted molar refractivity (Wildman–Crippen MR) is 111 cm³/mol. The van der Waals surface area contributed by atoms with E-state index in [4.69, 9.17) is 0 Å². The molecule has 0 aromatic carbocycles. The molecule has 4 aliphatic rings. The number of fused-ring (bicyclic) bond motifs is 6. The minimum absolute atomic E-state index is 0.0784. The Morgan fingerprint density at radius 2 is 1.80 bits per heavy atom. The van der Waals surface area contributed by atoms with Gasteiger partial charge in [0.2, 0.25) is 0 Å².